The third-order valence-corrected chi connectivity index (χ3v) is 6.25. The third kappa shape index (κ3) is 1.57. The van der Waals surface area contributed by atoms with E-state index in [0.717, 1.165) is 17.9 Å². The first-order valence-electron chi connectivity index (χ1n) is 8.43. The second kappa shape index (κ2) is 4.23. The van der Waals surface area contributed by atoms with Crippen molar-refractivity contribution in [3.05, 3.63) is 47.7 Å². The molecule has 1 aliphatic carbocycles. The molecule has 1 saturated heterocycles. The van der Waals surface area contributed by atoms with Gasteiger partial charge in [0, 0.05) is 29.2 Å². The van der Waals surface area contributed by atoms with Crippen LogP contribution >= 0.6 is 0 Å². The van der Waals surface area contributed by atoms with Crippen molar-refractivity contribution in [3.8, 4) is 0 Å². The molecule has 1 unspecified atom stereocenters. The van der Waals surface area contributed by atoms with Crippen LogP contribution in [0.4, 0.5) is 0 Å². The van der Waals surface area contributed by atoms with Crippen molar-refractivity contribution in [1.29, 1.82) is 0 Å². The lowest BCUT2D eigenvalue weighted by Crippen LogP contribution is -3.15. The number of rotatable bonds is 0. The van der Waals surface area contributed by atoms with Gasteiger partial charge in [-0.2, -0.15) is 0 Å². The predicted molar refractivity (Wildman–Crippen MR) is 85.4 cm³/mol. The summed E-state index contributed by atoms with van der Waals surface area (Å²) < 4.78 is 0. The predicted octanol–water partition coefficient (Wildman–Crippen LogP) is 2.63. The van der Waals surface area contributed by atoms with Gasteiger partial charge in [0.15, 0.2) is 0 Å². The van der Waals surface area contributed by atoms with Crippen molar-refractivity contribution >= 4 is 10.9 Å². The van der Waals surface area contributed by atoms with Crippen LogP contribution in [0.15, 0.2) is 36.4 Å². The van der Waals surface area contributed by atoms with Crippen molar-refractivity contribution in [1.82, 2.24) is 4.98 Å². The fourth-order valence-corrected chi connectivity index (χ4v) is 5.29. The second-order valence-electron chi connectivity index (χ2n) is 7.29. The van der Waals surface area contributed by atoms with Gasteiger partial charge in [-0.15, -0.1) is 0 Å². The number of fused-ring (bicyclic) bond motifs is 7. The van der Waals surface area contributed by atoms with E-state index in [4.69, 9.17) is 0 Å². The molecule has 0 bridgehead atoms. The van der Waals surface area contributed by atoms with Crippen molar-refractivity contribution in [2.45, 2.75) is 38.3 Å². The molecule has 2 N–H and O–H groups in total. The molecule has 0 amide bonds. The van der Waals surface area contributed by atoms with Gasteiger partial charge in [-0.05, 0) is 31.4 Å². The van der Waals surface area contributed by atoms with E-state index in [2.05, 4.69) is 48.3 Å². The zero-order valence-corrected chi connectivity index (χ0v) is 12.6. The Kier molecular flexibility index (Phi) is 2.43. The highest BCUT2D eigenvalue weighted by molar-refractivity contribution is 5.85. The molecule has 21 heavy (non-hydrogen) atoms. The molecular formula is C19H23N2+. The Balaban J connectivity index is 1.70. The molecule has 3 heterocycles. The van der Waals surface area contributed by atoms with Gasteiger partial charge in [-0.25, -0.2) is 0 Å². The highest BCUT2D eigenvalue weighted by atomic mass is 15.2. The molecule has 3 aliphatic rings. The number of hydrogen-bond acceptors (Lipinski definition) is 0. The van der Waals surface area contributed by atoms with Gasteiger partial charge in [-0.1, -0.05) is 30.4 Å². The number of para-hydroxylation sites is 1. The van der Waals surface area contributed by atoms with E-state index in [9.17, 15) is 0 Å². The maximum absolute atomic E-state index is 3.80. The molecule has 2 heteroatoms. The minimum absolute atomic E-state index is 0.700. The monoisotopic (exact) mass is 279 g/mol. The summed E-state index contributed by atoms with van der Waals surface area (Å²) in [5, 5.41) is 1.47. The zero-order chi connectivity index (χ0) is 14.0. The molecule has 1 fully saturated rings. The molecule has 2 aliphatic heterocycles. The van der Waals surface area contributed by atoms with Crippen LogP contribution in [0, 0.1) is 11.8 Å². The quantitative estimate of drug-likeness (QED) is 0.692. The van der Waals surface area contributed by atoms with Gasteiger partial charge in [0.1, 0.15) is 6.04 Å². The molecule has 2 aromatic rings. The minimum Gasteiger partial charge on any atom is -0.353 e. The topological polar surface area (TPSA) is 20.2 Å². The molecule has 2 nitrogen and oxygen atoms in total. The summed E-state index contributed by atoms with van der Waals surface area (Å²) in [5.74, 6) is 1.74. The molecule has 1 aromatic carbocycles. The Morgan fingerprint density at radius 3 is 2.95 bits per heavy atom. The fraction of sp³-hybridized carbons (Fsp3) is 0.474. The van der Waals surface area contributed by atoms with Crippen LogP contribution in [0.1, 0.15) is 37.1 Å². The summed E-state index contributed by atoms with van der Waals surface area (Å²) in [7, 11) is 0. The summed E-state index contributed by atoms with van der Waals surface area (Å²) in [6.45, 7) is 3.83. The van der Waals surface area contributed by atoms with Gasteiger partial charge in [0.05, 0.1) is 18.3 Å². The van der Waals surface area contributed by atoms with Crippen molar-refractivity contribution in [2.24, 2.45) is 11.8 Å². The Hall–Kier alpha value is -1.54. The lowest BCUT2D eigenvalue weighted by molar-refractivity contribution is -0.946. The molecule has 0 radical (unpaired) electrons. The van der Waals surface area contributed by atoms with Crippen LogP contribution in [0.2, 0.25) is 0 Å². The fourth-order valence-electron chi connectivity index (χ4n) is 5.29. The third-order valence-electron chi connectivity index (χ3n) is 6.25. The lowest BCUT2D eigenvalue weighted by atomic mass is 9.79. The van der Waals surface area contributed by atoms with E-state index in [-0.39, 0.29) is 0 Å². The number of quaternary nitrogens is 1. The highest BCUT2D eigenvalue weighted by Gasteiger charge is 2.51. The van der Waals surface area contributed by atoms with E-state index in [0.29, 0.717) is 6.04 Å². The Morgan fingerprint density at radius 1 is 1.14 bits per heavy atom. The van der Waals surface area contributed by atoms with E-state index in [1.54, 1.807) is 11.3 Å². The van der Waals surface area contributed by atoms with Crippen LogP contribution in [0.5, 0.6) is 0 Å². The molecule has 108 valence electrons. The molecule has 1 aromatic heterocycles. The van der Waals surface area contributed by atoms with Crippen LogP contribution < -0.4 is 4.90 Å². The molecule has 0 saturated carbocycles. The smallest absolute Gasteiger partial charge is 0.132 e. The lowest BCUT2D eigenvalue weighted by Gasteiger charge is -2.34. The number of hydrogen-bond donors (Lipinski definition) is 2. The molecule has 5 atom stereocenters. The molecular weight excluding hydrogens is 256 g/mol. The van der Waals surface area contributed by atoms with Gasteiger partial charge in [0.2, 0.25) is 0 Å². The Morgan fingerprint density at radius 2 is 2.00 bits per heavy atom. The maximum Gasteiger partial charge on any atom is 0.132 e. The number of aromatic nitrogens is 1. The number of allylic oxidation sites excluding steroid dienone is 2. The average Bonchev–Trinajstić information content (AvgIpc) is 3.06. The first kappa shape index (κ1) is 12.0. The van der Waals surface area contributed by atoms with Gasteiger partial charge >= 0.3 is 0 Å². The summed E-state index contributed by atoms with van der Waals surface area (Å²) in [5.41, 5.74) is 4.51. The Labute approximate surface area is 125 Å². The summed E-state index contributed by atoms with van der Waals surface area (Å²) in [6, 6.07) is 10.3. The van der Waals surface area contributed by atoms with Crippen LogP contribution in [-0.2, 0) is 6.42 Å². The first-order chi connectivity index (χ1) is 10.3. The number of H-pyrrole nitrogens is 1. The molecule has 5 rings (SSSR count). The van der Waals surface area contributed by atoms with Gasteiger partial charge in [-0.3, -0.25) is 0 Å². The number of benzene rings is 1. The van der Waals surface area contributed by atoms with Crippen LogP contribution in [0.3, 0.4) is 0 Å². The van der Waals surface area contributed by atoms with Crippen LogP contribution in [0.25, 0.3) is 10.9 Å². The SMILES string of the molecule is C[C@H]1Cc2c([nH]c3ccccc23)[C@H]2[C@H]3CC=CC[C@@H]3C[NH+]12. The van der Waals surface area contributed by atoms with Crippen molar-refractivity contribution in [2.75, 3.05) is 6.54 Å². The van der Waals surface area contributed by atoms with E-state index in [1.165, 1.54) is 36.7 Å². The van der Waals surface area contributed by atoms with E-state index < -0.39 is 0 Å². The standard InChI is InChI=1S/C19H22N2/c1-12-10-16-15-8-4-5-9-17(15)20-18(16)19-14-7-3-2-6-13(14)11-21(12)19/h2-5,8-9,12-14,19-20H,6-7,10-11H2,1H3/p+1/t12-,13+,14-,19+/m0/s1. The average molecular weight is 279 g/mol. The second-order valence-corrected chi connectivity index (χ2v) is 7.29. The molecule has 0 spiro atoms. The van der Waals surface area contributed by atoms with Gasteiger partial charge in [0.25, 0.3) is 0 Å². The van der Waals surface area contributed by atoms with Crippen LogP contribution in [-0.4, -0.2) is 17.6 Å². The zero-order valence-electron chi connectivity index (χ0n) is 12.6. The van der Waals surface area contributed by atoms with Crippen molar-refractivity contribution < 1.29 is 4.90 Å². The summed E-state index contributed by atoms with van der Waals surface area (Å²) in [4.78, 5) is 5.64. The maximum atomic E-state index is 3.80. The van der Waals surface area contributed by atoms with Gasteiger partial charge < -0.3 is 9.88 Å². The highest BCUT2D eigenvalue weighted by Crippen LogP contribution is 2.42. The first-order valence-corrected chi connectivity index (χ1v) is 8.43. The summed E-state index contributed by atoms with van der Waals surface area (Å²) >= 11 is 0. The van der Waals surface area contributed by atoms with E-state index >= 15 is 0 Å². The van der Waals surface area contributed by atoms with Crippen molar-refractivity contribution in [3.63, 3.8) is 0 Å². The number of aromatic amines is 1. The normalized spacial score (nSPS) is 37.3. The number of nitrogens with one attached hydrogen (secondary N) is 2. The minimum atomic E-state index is 0.700. The largest absolute Gasteiger partial charge is 0.353 e. The Bertz CT molecular complexity index is 726. The van der Waals surface area contributed by atoms with E-state index in [1.807, 2.05) is 4.90 Å². The summed E-state index contributed by atoms with van der Waals surface area (Å²) in [6.07, 6.45) is 8.65.